The summed E-state index contributed by atoms with van der Waals surface area (Å²) in [5.41, 5.74) is 5.78. The molecule has 1 spiro atoms. The Morgan fingerprint density at radius 2 is 2.12 bits per heavy atom. The van der Waals surface area contributed by atoms with Crippen molar-refractivity contribution in [2.75, 3.05) is 13.2 Å². The van der Waals surface area contributed by atoms with Gasteiger partial charge in [0.15, 0.2) is 5.76 Å². The quantitative estimate of drug-likeness (QED) is 0.664. The third kappa shape index (κ3) is 3.18. The lowest BCUT2D eigenvalue weighted by atomic mass is 9.59. The van der Waals surface area contributed by atoms with Crippen LogP contribution in [0.15, 0.2) is 35.0 Å². The smallest absolute Gasteiger partial charge is 0.287 e. The zero-order valence-electron chi connectivity index (χ0n) is 18.4. The van der Waals surface area contributed by atoms with Gasteiger partial charge in [-0.1, -0.05) is 6.42 Å². The third-order valence-electron chi connectivity index (χ3n) is 7.43. The fourth-order valence-corrected chi connectivity index (χ4v) is 5.58. The maximum absolute atomic E-state index is 12.8. The Morgan fingerprint density at radius 3 is 2.84 bits per heavy atom. The normalized spacial score (nSPS) is 20.6. The molecule has 2 fully saturated rings. The lowest BCUT2D eigenvalue weighted by Crippen LogP contribution is -2.39. The Kier molecular flexibility index (Phi) is 4.68. The van der Waals surface area contributed by atoms with Gasteiger partial charge in [-0.15, -0.1) is 0 Å². The van der Waals surface area contributed by atoms with E-state index in [2.05, 4.69) is 21.9 Å². The number of aromatic nitrogens is 3. The first-order valence-electron chi connectivity index (χ1n) is 11.6. The van der Waals surface area contributed by atoms with Crippen LogP contribution in [0.1, 0.15) is 65.2 Å². The SMILES string of the molecule is Cc1c2c(nn1Cc1ccncc1)-c1cc(C(=O)NC[C@@H]3CCCO3)oc1CC21CCC1. The van der Waals surface area contributed by atoms with Crippen molar-refractivity contribution in [2.24, 2.45) is 0 Å². The van der Waals surface area contributed by atoms with Crippen molar-refractivity contribution < 1.29 is 13.9 Å². The minimum atomic E-state index is -0.174. The summed E-state index contributed by atoms with van der Waals surface area (Å²) >= 11 is 0. The maximum atomic E-state index is 12.8. The molecule has 7 nitrogen and oxygen atoms in total. The van der Waals surface area contributed by atoms with Crippen LogP contribution in [-0.4, -0.2) is 39.9 Å². The van der Waals surface area contributed by atoms with Crippen molar-refractivity contribution in [1.29, 1.82) is 0 Å². The molecule has 1 N–H and O–H groups in total. The van der Waals surface area contributed by atoms with Gasteiger partial charge in [0.1, 0.15) is 5.76 Å². The van der Waals surface area contributed by atoms with E-state index in [1.54, 1.807) is 0 Å². The summed E-state index contributed by atoms with van der Waals surface area (Å²) in [7, 11) is 0. The summed E-state index contributed by atoms with van der Waals surface area (Å²) in [5, 5.41) is 8.01. The Bertz CT molecular complexity index is 1150. The Labute approximate surface area is 187 Å². The predicted molar refractivity (Wildman–Crippen MR) is 119 cm³/mol. The molecule has 1 amide bonds. The fraction of sp³-hybridized carbons (Fsp3) is 0.480. The summed E-state index contributed by atoms with van der Waals surface area (Å²) in [6.07, 6.45) is 10.1. The highest BCUT2D eigenvalue weighted by atomic mass is 16.5. The van der Waals surface area contributed by atoms with Gasteiger partial charge in [0.25, 0.3) is 5.91 Å². The van der Waals surface area contributed by atoms with E-state index >= 15 is 0 Å². The van der Waals surface area contributed by atoms with Gasteiger partial charge in [-0.25, -0.2) is 0 Å². The van der Waals surface area contributed by atoms with E-state index in [0.717, 1.165) is 55.7 Å². The van der Waals surface area contributed by atoms with Crippen molar-refractivity contribution >= 4 is 5.91 Å². The summed E-state index contributed by atoms with van der Waals surface area (Å²) in [5.74, 6) is 1.09. The number of carbonyl (C=O) groups is 1. The van der Waals surface area contributed by atoms with Crippen LogP contribution in [0.2, 0.25) is 0 Å². The first-order valence-corrected chi connectivity index (χ1v) is 11.6. The molecule has 1 saturated heterocycles. The van der Waals surface area contributed by atoms with Crippen molar-refractivity contribution in [2.45, 2.75) is 63.5 Å². The van der Waals surface area contributed by atoms with Gasteiger partial charge < -0.3 is 14.5 Å². The molecule has 4 heterocycles. The molecule has 166 valence electrons. The first-order chi connectivity index (χ1) is 15.6. The Hall–Kier alpha value is -2.93. The standard InChI is InChI=1S/C25H28N4O3/c1-16-22-23(28-29(16)15-17-5-9-26-10-6-17)19-12-20(24(30)27-14-18-4-2-11-31-18)32-21(19)13-25(22)7-3-8-25/h5-6,9-10,12,18H,2-4,7-8,11,13-15H2,1H3,(H,27,30)/t18-/m0/s1. The molecule has 3 aromatic heterocycles. The summed E-state index contributed by atoms with van der Waals surface area (Å²) in [6, 6.07) is 5.94. The van der Waals surface area contributed by atoms with Gasteiger partial charge >= 0.3 is 0 Å². The predicted octanol–water partition coefficient (Wildman–Crippen LogP) is 3.78. The molecule has 3 aliphatic rings. The second kappa shape index (κ2) is 7.59. The molecule has 0 bridgehead atoms. The van der Waals surface area contributed by atoms with E-state index in [0.29, 0.717) is 18.8 Å². The van der Waals surface area contributed by atoms with Crippen LogP contribution in [-0.2, 0) is 23.1 Å². The topological polar surface area (TPSA) is 82.2 Å². The second-order valence-electron chi connectivity index (χ2n) is 9.43. The van der Waals surface area contributed by atoms with E-state index in [-0.39, 0.29) is 17.4 Å². The molecule has 1 saturated carbocycles. The Balaban J connectivity index is 1.33. The van der Waals surface area contributed by atoms with E-state index in [9.17, 15) is 4.79 Å². The zero-order valence-corrected chi connectivity index (χ0v) is 18.4. The molecule has 32 heavy (non-hydrogen) atoms. The maximum Gasteiger partial charge on any atom is 0.287 e. The summed E-state index contributed by atoms with van der Waals surface area (Å²) in [6.45, 7) is 4.19. The van der Waals surface area contributed by atoms with E-state index in [4.69, 9.17) is 14.3 Å². The molecule has 0 radical (unpaired) electrons. The molecular weight excluding hydrogens is 404 g/mol. The average Bonchev–Trinajstić information content (AvgIpc) is 3.51. The minimum absolute atomic E-state index is 0.0895. The number of hydrogen-bond acceptors (Lipinski definition) is 5. The van der Waals surface area contributed by atoms with Crippen LogP contribution < -0.4 is 5.32 Å². The van der Waals surface area contributed by atoms with E-state index in [1.807, 2.05) is 30.6 Å². The highest BCUT2D eigenvalue weighted by Gasteiger charge is 2.48. The summed E-state index contributed by atoms with van der Waals surface area (Å²) < 4.78 is 13.8. The van der Waals surface area contributed by atoms with Crippen LogP contribution >= 0.6 is 0 Å². The monoisotopic (exact) mass is 432 g/mol. The molecule has 6 rings (SSSR count). The first kappa shape index (κ1) is 19.7. The van der Waals surface area contributed by atoms with Crippen molar-refractivity contribution in [3.05, 3.63) is 58.9 Å². The molecule has 0 unspecified atom stereocenters. The van der Waals surface area contributed by atoms with Crippen LogP contribution in [0.25, 0.3) is 11.3 Å². The molecule has 3 aromatic rings. The number of nitrogens with one attached hydrogen (secondary N) is 1. The molecule has 1 aliphatic heterocycles. The van der Waals surface area contributed by atoms with Crippen LogP contribution in [0, 0.1) is 6.92 Å². The van der Waals surface area contributed by atoms with Crippen molar-refractivity contribution in [3.63, 3.8) is 0 Å². The van der Waals surface area contributed by atoms with Gasteiger partial charge in [-0.05, 0) is 56.4 Å². The van der Waals surface area contributed by atoms with Crippen LogP contribution in [0.5, 0.6) is 0 Å². The highest BCUT2D eigenvalue weighted by Crippen LogP contribution is 2.55. The van der Waals surface area contributed by atoms with Gasteiger partial charge in [-0.2, -0.15) is 5.10 Å². The largest absolute Gasteiger partial charge is 0.455 e. The van der Waals surface area contributed by atoms with Crippen molar-refractivity contribution in [3.8, 4) is 11.3 Å². The van der Waals surface area contributed by atoms with Gasteiger partial charge in [-0.3, -0.25) is 14.5 Å². The van der Waals surface area contributed by atoms with Gasteiger partial charge in [0.2, 0.25) is 0 Å². The lowest BCUT2D eigenvalue weighted by Gasteiger charge is -2.44. The zero-order chi connectivity index (χ0) is 21.7. The molecular formula is C25H28N4O3. The number of ether oxygens (including phenoxy) is 1. The van der Waals surface area contributed by atoms with E-state index in [1.165, 1.54) is 23.2 Å². The van der Waals surface area contributed by atoms with Gasteiger partial charge in [0.05, 0.1) is 18.3 Å². The second-order valence-corrected chi connectivity index (χ2v) is 9.43. The fourth-order valence-electron chi connectivity index (χ4n) is 5.58. The highest BCUT2D eigenvalue weighted by molar-refractivity contribution is 5.93. The number of amides is 1. The number of pyridine rings is 1. The average molecular weight is 433 g/mol. The number of furan rings is 1. The minimum Gasteiger partial charge on any atom is -0.455 e. The number of hydrogen-bond donors (Lipinski definition) is 1. The Morgan fingerprint density at radius 1 is 1.28 bits per heavy atom. The van der Waals surface area contributed by atoms with Crippen molar-refractivity contribution in [1.82, 2.24) is 20.1 Å². The number of rotatable bonds is 5. The summed E-state index contributed by atoms with van der Waals surface area (Å²) in [4.78, 5) is 16.9. The third-order valence-corrected chi connectivity index (χ3v) is 7.43. The number of nitrogens with zero attached hydrogens (tertiary/aromatic N) is 3. The number of carbonyl (C=O) groups excluding carboxylic acids is 1. The molecule has 2 aliphatic carbocycles. The molecule has 7 heteroatoms. The van der Waals surface area contributed by atoms with E-state index < -0.39 is 0 Å². The van der Waals surface area contributed by atoms with Gasteiger partial charge in [0, 0.05) is 54.2 Å². The van der Waals surface area contributed by atoms with Crippen LogP contribution in [0.4, 0.5) is 0 Å². The lowest BCUT2D eigenvalue weighted by molar-refractivity contribution is 0.0832. The molecule has 0 aromatic carbocycles. The molecule has 1 atom stereocenters. The van der Waals surface area contributed by atoms with Crippen LogP contribution in [0.3, 0.4) is 0 Å². The number of fused-ring (bicyclic) bond motifs is 4.